The van der Waals surface area contributed by atoms with E-state index >= 15 is 0 Å². The number of hydrogen-bond donors (Lipinski definition) is 1. The van der Waals surface area contributed by atoms with Crippen molar-refractivity contribution in [2.45, 2.75) is 40.8 Å². The smallest absolute Gasteiger partial charge is 0.149 e. The fraction of sp³-hybridized carbons (Fsp3) is 0.269. The third kappa shape index (κ3) is 3.84. The Kier molecular flexibility index (Phi) is 5.12. The van der Waals surface area contributed by atoms with Crippen LogP contribution in [-0.4, -0.2) is 36.7 Å². The quantitative estimate of drug-likeness (QED) is 0.408. The van der Waals surface area contributed by atoms with Crippen molar-refractivity contribution in [3.8, 4) is 11.1 Å². The topological polar surface area (TPSA) is 62.1 Å². The molecule has 0 saturated carbocycles. The van der Waals surface area contributed by atoms with Crippen molar-refractivity contribution in [3.63, 3.8) is 0 Å². The second kappa shape index (κ2) is 7.99. The number of benzene rings is 1. The van der Waals surface area contributed by atoms with Crippen LogP contribution in [0.3, 0.4) is 0 Å². The summed E-state index contributed by atoms with van der Waals surface area (Å²) in [6, 6.07) is 5.60. The summed E-state index contributed by atoms with van der Waals surface area (Å²) in [5, 5.41) is 0.935. The van der Waals surface area contributed by atoms with Gasteiger partial charge in [-0.1, -0.05) is 6.58 Å². The van der Waals surface area contributed by atoms with Gasteiger partial charge in [0.25, 0.3) is 0 Å². The lowest BCUT2D eigenvalue weighted by Crippen LogP contribution is -2.32. The molecule has 0 unspecified atom stereocenters. The average molecular weight is 443 g/mol. The number of nitrogens with zero attached hydrogens (tertiary/aromatic N) is 5. The van der Waals surface area contributed by atoms with Crippen molar-refractivity contribution < 1.29 is 4.39 Å². The highest BCUT2D eigenvalue weighted by molar-refractivity contribution is 5.95. The van der Waals surface area contributed by atoms with Crippen LogP contribution in [0.5, 0.6) is 0 Å². The number of aliphatic imine (C=N–C) groups is 1. The molecule has 0 fully saturated rings. The Hall–Kier alpha value is -3.74. The number of rotatable bonds is 4. The van der Waals surface area contributed by atoms with Crippen molar-refractivity contribution in [2.75, 3.05) is 6.54 Å². The molecule has 4 heterocycles. The Morgan fingerprint density at radius 1 is 1.18 bits per heavy atom. The van der Waals surface area contributed by atoms with Crippen LogP contribution in [-0.2, 0) is 13.1 Å². The molecule has 0 amide bonds. The molecule has 0 atom stereocenters. The van der Waals surface area contributed by atoms with E-state index in [0.29, 0.717) is 12.2 Å². The number of aromatic amines is 1. The Labute approximate surface area is 192 Å². The van der Waals surface area contributed by atoms with Gasteiger partial charge in [0.15, 0.2) is 0 Å². The van der Waals surface area contributed by atoms with Gasteiger partial charge in [-0.3, -0.25) is 4.99 Å². The maximum atomic E-state index is 14.9. The summed E-state index contributed by atoms with van der Waals surface area (Å²) in [4.78, 5) is 19.0. The normalized spacial score (nSPS) is 13.3. The molecule has 0 aliphatic carbocycles. The number of hydrogen-bond acceptors (Lipinski definition) is 4. The van der Waals surface area contributed by atoms with Crippen LogP contribution in [0.4, 0.5) is 10.1 Å². The lowest BCUT2D eigenvalue weighted by molar-refractivity contribution is 0.314. The highest BCUT2D eigenvalue weighted by atomic mass is 19.1. The fourth-order valence-corrected chi connectivity index (χ4v) is 4.46. The molecule has 0 saturated heterocycles. The van der Waals surface area contributed by atoms with E-state index in [-0.39, 0.29) is 5.82 Å². The Morgan fingerprint density at radius 2 is 2.00 bits per heavy atom. The number of aromatic nitrogens is 4. The molecule has 1 aliphatic heterocycles. The Bertz CT molecular complexity index is 1400. The summed E-state index contributed by atoms with van der Waals surface area (Å²) in [5.74, 6) is 0.723. The lowest BCUT2D eigenvalue weighted by Gasteiger charge is -2.31. The molecular weight excluding hydrogens is 415 g/mol. The van der Waals surface area contributed by atoms with Crippen LogP contribution in [0.1, 0.15) is 36.5 Å². The Morgan fingerprint density at radius 3 is 2.76 bits per heavy atom. The highest BCUT2D eigenvalue weighted by Crippen LogP contribution is 2.35. The standard InChI is InChI=1S/C26H27FN6/c1-15(2)30-25-16(3)8-19(10-23(25)27)22-12-29-26-21(22)9-20(11-28-26)18(5)32-6-7-33-13-17(4)31-24(33)14-32/h8-13H,5-7,14H2,1-4H3,(H,28,29). The van der Waals surface area contributed by atoms with Crippen LogP contribution in [0, 0.1) is 19.7 Å². The third-order valence-electron chi connectivity index (χ3n) is 6.07. The third-order valence-corrected chi connectivity index (χ3v) is 6.07. The molecule has 4 aromatic rings. The summed E-state index contributed by atoms with van der Waals surface area (Å²) in [6.45, 7) is 14.4. The van der Waals surface area contributed by atoms with Crippen molar-refractivity contribution in [3.05, 3.63) is 71.8 Å². The minimum absolute atomic E-state index is 0.326. The van der Waals surface area contributed by atoms with Gasteiger partial charge < -0.3 is 14.5 Å². The number of fused-ring (bicyclic) bond motifs is 2. The first-order valence-electron chi connectivity index (χ1n) is 11.1. The van der Waals surface area contributed by atoms with Gasteiger partial charge in [0, 0.05) is 59.6 Å². The van der Waals surface area contributed by atoms with Crippen LogP contribution in [0.2, 0.25) is 0 Å². The number of H-pyrrole nitrogens is 1. The van der Waals surface area contributed by atoms with Crippen molar-refractivity contribution in [2.24, 2.45) is 4.99 Å². The summed E-state index contributed by atoms with van der Waals surface area (Å²) >= 11 is 0. The van der Waals surface area contributed by atoms with E-state index in [2.05, 4.69) is 48.3 Å². The number of halogens is 1. The largest absolute Gasteiger partial charge is 0.362 e. The maximum Gasteiger partial charge on any atom is 0.149 e. The fourth-order valence-electron chi connectivity index (χ4n) is 4.46. The summed E-state index contributed by atoms with van der Waals surface area (Å²) in [5.41, 5.74) is 7.36. The summed E-state index contributed by atoms with van der Waals surface area (Å²) < 4.78 is 17.1. The molecule has 6 nitrogen and oxygen atoms in total. The minimum Gasteiger partial charge on any atom is -0.362 e. The van der Waals surface area contributed by atoms with Gasteiger partial charge in [-0.25, -0.2) is 14.4 Å². The van der Waals surface area contributed by atoms with Gasteiger partial charge >= 0.3 is 0 Å². The molecule has 0 bridgehead atoms. The van der Waals surface area contributed by atoms with E-state index in [0.717, 1.165) is 69.3 Å². The Balaban J connectivity index is 1.50. The number of nitrogens with one attached hydrogen (secondary N) is 1. The van der Waals surface area contributed by atoms with E-state index in [1.165, 1.54) is 0 Å². The van der Waals surface area contributed by atoms with Gasteiger partial charge in [-0.15, -0.1) is 0 Å². The molecule has 1 N–H and O–H groups in total. The molecule has 168 valence electrons. The molecule has 0 spiro atoms. The minimum atomic E-state index is -0.326. The molecule has 1 aliphatic rings. The van der Waals surface area contributed by atoms with Crippen molar-refractivity contribution >= 4 is 28.1 Å². The second-order valence-electron chi connectivity index (χ2n) is 8.87. The number of imidazole rings is 1. The van der Waals surface area contributed by atoms with Crippen LogP contribution in [0.15, 0.2) is 48.4 Å². The van der Waals surface area contributed by atoms with Crippen molar-refractivity contribution in [1.82, 2.24) is 24.4 Å². The molecule has 7 heteroatoms. The predicted molar refractivity (Wildman–Crippen MR) is 131 cm³/mol. The molecule has 5 rings (SSSR count). The first kappa shape index (κ1) is 21.1. The number of aryl methyl sites for hydroxylation is 2. The average Bonchev–Trinajstić information content (AvgIpc) is 3.36. The van der Waals surface area contributed by atoms with Crippen LogP contribution in [0.25, 0.3) is 27.9 Å². The maximum absolute atomic E-state index is 14.9. The van der Waals surface area contributed by atoms with Crippen molar-refractivity contribution in [1.29, 1.82) is 0 Å². The van der Waals surface area contributed by atoms with E-state index in [1.807, 2.05) is 46.2 Å². The zero-order valence-corrected chi connectivity index (χ0v) is 19.4. The van der Waals surface area contributed by atoms with Gasteiger partial charge in [-0.05, 0) is 57.0 Å². The molecule has 1 aromatic carbocycles. The van der Waals surface area contributed by atoms with E-state index < -0.39 is 0 Å². The number of pyridine rings is 1. The van der Waals surface area contributed by atoms with E-state index in [4.69, 9.17) is 0 Å². The SMILES string of the molecule is C=C(c1cnc2[nH]cc(-c3cc(C)c(N=C(C)C)c(F)c3)c2c1)N1CCn2cc(C)nc2C1. The molecular formula is C26H27FN6. The van der Waals surface area contributed by atoms with Crippen LogP contribution >= 0.6 is 0 Å². The van der Waals surface area contributed by atoms with E-state index in [9.17, 15) is 4.39 Å². The van der Waals surface area contributed by atoms with Gasteiger partial charge in [0.2, 0.25) is 0 Å². The zero-order chi connectivity index (χ0) is 23.3. The van der Waals surface area contributed by atoms with Gasteiger partial charge in [-0.2, -0.15) is 0 Å². The lowest BCUT2D eigenvalue weighted by atomic mass is 10.0. The van der Waals surface area contributed by atoms with Gasteiger partial charge in [0.05, 0.1) is 12.2 Å². The zero-order valence-electron chi connectivity index (χ0n) is 19.4. The predicted octanol–water partition coefficient (Wildman–Crippen LogP) is 5.78. The molecule has 3 aromatic heterocycles. The van der Waals surface area contributed by atoms with E-state index in [1.54, 1.807) is 6.07 Å². The van der Waals surface area contributed by atoms with Crippen LogP contribution < -0.4 is 0 Å². The molecule has 33 heavy (non-hydrogen) atoms. The summed E-state index contributed by atoms with van der Waals surface area (Å²) in [6.07, 6.45) is 5.81. The molecule has 0 radical (unpaired) electrons. The highest BCUT2D eigenvalue weighted by Gasteiger charge is 2.21. The second-order valence-corrected chi connectivity index (χ2v) is 8.87. The van der Waals surface area contributed by atoms with Gasteiger partial charge in [0.1, 0.15) is 23.0 Å². The first-order chi connectivity index (χ1) is 15.8. The monoisotopic (exact) mass is 442 g/mol. The summed E-state index contributed by atoms with van der Waals surface area (Å²) in [7, 11) is 0. The first-order valence-corrected chi connectivity index (χ1v) is 11.1.